The highest BCUT2D eigenvalue weighted by Crippen LogP contribution is 2.08. The molecule has 1 atom stereocenters. The molecule has 2 N–H and O–H groups in total. The van der Waals surface area contributed by atoms with Crippen molar-refractivity contribution in [3.63, 3.8) is 0 Å². The molecule has 0 aromatic carbocycles. The van der Waals surface area contributed by atoms with Crippen LogP contribution < -0.4 is 10.6 Å². The van der Waals surface area contributed by atoms with E-state index in [4.69, 9.17) is 0 Å². The maximum Gasteiger partial charge on any atom is 0.269 e. The number of rotatable bonds is 3. The summed E-state index contributed by atoms with van der Waals surface area (Å²) < 4.78 is 0. The molecular weight excluding hydrogens is 202 g/mol. The first-order valence-electron chi connectivity index (χ1n) is 5.76. The van der Waals surface area contributed by atoms with Crippen LogP contribution in [0.2, 0.25) is 0 Å². The predicted octanol–water partition coefficient (Wildman–Crippen LogP) is 0.811. The Morgan fingerprint density at radius 1 is 1.56 bits per heavy atom. The van der Waals surface area contributed by atoms with Gasteiger partial charge in [0.05, 0.1) is 0 Å². The molecule has 16 heavy (non-hydrogen) atoms. The van der Waals surface area contributed by atoms with Gasteiger partial charge in [0.2, 0.25) is 0 Å². The minimum absolute atomic E-state index is 0.0776. The standard InChI is InChI=1S/C12H17N3O/c16-12(11-5-1-2-7-14-11)15-9-10-4-3-6-13-8-10/h1-2,5,7,10,13H,3-4,6,8-9H2,(H,15,16). The maximum atomic E-state index is 11.7. The molecule has 1 aromatic rings. The zero-order valence-corrected chi connectivity index (χ0v) is 9.28. The molecule has 2 rings (SSSR count). The SMILES string of the molecule is O=C(NCC1CCCNC1)c1ccccn1. The number of carbonyl (C=O) groups is 1. The molecule has 0 radical (unpaired) electrons. The fourth-order valence-electron chi connectivity index (χ4n) is 1.92. The summed E-state index contributed by atoms with van der Waals surface area (Å²) in [6.07, 6.45) is 4.02. The number of hydrogen-bond acceptors (Lipinski definition) is 3. The molecule has 0 saturated carbocycles. The second-order valence-electron chi connectivity index (χ2n) is 4.14. The monoisotopic (exact) mass is 219 g/mol. The number of piperidine rings is 1. The predicted molar refractivity (Wildman–Crippen MR) is 62.2 cm³/mol. The number of carbonyl (C=O) groups excluding carboxylic acids is 1. The summed E-state index contributed by atoms with van der Waals surface area (Å²) in [5.41, 5.74) is 0.492. The molecular formula is C12H17N3O. The number of nitrogens with zero attached hydrogens (tertiary/aromatic N) is 1. The first kappa shape index (κ1) is 11.1. The Kier molecular flexibility index (Phi) is 3.88. The van der Waals surface area contributed by atoms with Gasteiger partial charge in [0, 0.05) is 12.7 Å². The van der Waals surface area contributed by atoms with Crippen molar-refractivity contribution in [2.24, 2.45) is 5.92 Å². The molecule has 0 bridgehead atoms. The van der Waals surface area contributed by atoms with E-state index in [0.29, 0.717) is 11.6 Å². The smallest absolute Gasteiger partial charge is 0.269 e. The summed E-state index contributed by atoms with van der Waals surface area (Å²) in [6.45, 7) is 2.84. The number of hydrogen-bond donors (Lipinski definition) is 2. The van der Waals surface area contributed by atoms with Gasteiger partial charge in [-0.05, 0) is 44.0 Å². The second-order valence-corrected chi connectivity index (χ2v) is 4.14. The van der Waals surface area contributed by atoms with E-state index in [1.165, 1.54) is 12.8 Å². The van der Waals surface area contributed by atoms with Gasteiger partial charge in [0.25, 0.3) is 5.91 Å². The van der Waals surface area contributed by atoms with Crippen LogP contribution in [0.4, 0.5) is 0 Å². The van der Waals surface area contributed by atoms with Gasteiger partial charge in [0.1, 0.15) is 5.69 Å². The van der Waals surface area contributed by atoms with E-state index in [-0.39, 0.29) is 5.91 Å². The van der Waals surface area contributed by atoms with Gasteiger partial charge in [-0.15, -0.1) is 0 Å². The number of pyridine rings is 1. The van der Waals surface area contributed by atoms with E-state index < -0.39 is 0 Å². The lowest BCUT2D eigenvalue weighted by atomic mass is 10.00. The highest BCUT2D eigenvalue weighted by Gasteiger charge is 2.14. The minimum Gasteiger partial charge on any atom is -0.350 e. The van der Waals surface area contributed by atoms with Gasteiger partial charge in [-0.3, -0.25) is 9.78 Å². The third kappa shape index (κ3) is 3.03. The van der Waals surface area contributed by atoms with Crippen molar-refractivity contribution in [2.75, 3.05) is 19.6 Å². The molecule has 1 unspecified atom stereocenters. The minimum atomic E-state index is -0.0776. The topological polar surface area (TPSA) is 54.0 Å². The van der Waals surface area contributed by atoms with E-state index in [0.717, 1.165) is 19.6 Å². The Labute approximate surface area is 95.5 Å². The molecule has 86 valence electrons. The second kappa shape index (κ2) is 5.61. The first-order chi connectivity index (χ1) is 7.86. The van der Waals surface area contributed by atoms with Crippen molar-refractivity contribution in [1.82, 2.24) is 15.6 Å². The largest absolute Gasteiger partial charge is 0.350 e. The van der Waals surface area contributed by atoms with Gasteiger partial charge < -0.3 is 10.6 Å². The van der Waals surface area contributed by atoms with Crippen LogP contribution in [-0.4, -0.2) is 30.5 Å². The van der Waals surface area contributed by atoms with Crippen molar-refractivity contribution in [3.05, 3.63) is 30.1 Å². The van der Waals surface area contributed by atoms with Crippen LogP contribution in [0, 0.1) is 5.92 Å². The molecule has 1 amide bonds. The maximum absolute atomic E-state index is 11.7. The highest BCUT2D eigenvalue weighted by atomic mass is 16.1. The van der Waals surface area contributed by atoms with Crippen LogP contribution in [0.5, 0.6) is 0 Å². The first-order valence-corrected chi connectivity index (χ1v) is 5.76. The summed E-state index contributed by atoms with van der Waals surface area (Å²) >= 11 is 0. The molecule has 0 spiro atoms. The van der Waals surface area contributed by atoms with E-state index in [1.807, 2.05) is 12.1 Å². The Bertz CT molecular complexity index is 333. The van der Waals surface area contributed by atoms with Crippen LogP contribution >= 0.6 is 0 Å². The van der Waals surface area contributed by atoms with E-state index >= 15 is 0 Å². The van der Waals surface area contributed by atoms with E-state index in [1.54, 1.807) is 12.3 Å². The molecule has 4 heteroatoms. The van der Waals surface area contributed by atoms with Gasteiger partial charge >= 0.3 is 0 Å². The lowest BCUT2D eigenvalue weighted by molar-refractivity contribution is 0.0940. The third-order valence-corrected chi connectivity index (χ3v) is 2.85. The van der Waals surface area contributed by atoms with E-state index in [2.05, 4.69) is 15.6 Å². The summed E-state index contributed by atoms with van der Waals surface area (Å²) in [6, 6.07) is 5.36. The van der Waals surface area contributed by atoms with Crippen molar-refractivity contribution < 1.29 is 4.79 Å². The van der Waals surface area contributed by atoms with Gasteiger partial charge in [-0.2, -0.15) is 0 Å². The fraction of sp³-hybridized carbons (Fsp3) is 0.500. The highest BCUT2D eigenvalue weighted by molar-refractivity contribution is 5.92. The quantitative estimate of drug-likeness (QED) is 0.791. The van der Waals surface area contributed by atoms with Gasteiger partial charge in [0.15, 0.2) is 0 Å². The van der Waals surface area contributed by atoms with Crippen molar-refractivity contribution in [1.29, 1.82) is 0 Å². The molecule has 1 saturated heterocycles. The Balaban J connectivity index is 1.79. The summed E-state index contributed by atoms with van der Waals surface area (Å²) in [5, 5.41) is 6.26. The fourth-order valence-corrected chi connectivity index (χ4v) is 1.92. The number of nitrogens with one attached hydrogen (secondary N) is 2. The molecule has 2 heterocycles. The zero-order valence-electron chi connectivity index (χ0n) is 9.28. The van der Waals surface area contributed by atoms with Crippen molar-refractivity contribution in [3.8, 4) is 0 Å². The van der Waals surface area contributed by atoms with Crippen molar-refractivity contribution in [2.45, 2.75) is 12.8 Å². The number of amides is 1. The van der Waals surface area contributed by atoms with E-state index in [9.17, 15) is 4.79 Å². The molecule has 1 aliphatic heterocycles. The Morgan fingerprint density at radius 3 is 3.19 bits per heavy atom. The van der Waals surface area contributed by atoms with Crippen LogP contribution in [0.1, 0.15) is 23.3 Å². The molecule has 1 fully saturated rings. The molecule has 4 nitrogen and oxygen atoms in total. The lowest BCUT2D eigenvalue weighted by Gasteiger charge is -2.22. The Morgan fingerprint density at radius 2 is 2.50 bits per heavy atom. The molecule has 1 aromatic heterocycles. The van der Waals surface area contributed by atoms with Crippen LogP contribution in [0.3, 0.4) is 0 Å². The van der Waals surface area contributed by atoms with Crippen LogP contribution in [0.25, 0.3) is 0 Å². The lowest BCUT2D eigenvalue weighted by Crippen LogP contribution is -2.38. The summed E-state index contributed by atoms with van der Waals surface area (Å²) in [7, 11) is 0. The summed E-state index contributed by atoms with van der Waals surface area (Å²) in [5.74, 6) is 0.479. The van der Waals surface area contributed by atoms with Crippen molar-refractivity contribution >= 4 is 5.91 Å². The summed E-state index contributed by atoms with van der Waals surface area (Å²) in [4.78, 5) is 15.7. The van der Waals surface area contributed by atoms with Crippen LogP contribution in [0.15, 0.2) is 24.4 Å². The average molecular weight is 219 g/mol. The molecule has 0 aliphatic carbocycles. The Hall–Kier alpha value is -1.42. The number of aromatic nitrogens is 1. The zero-order chi connectivity index (χ0) is 11.2. The third-order valence-electron chi connectivity index (χ3n) is 2.85. The normalized spacial score (nSPS) is 20.4. The molecule has 1 aliphatic rings. The van der Waals surface area contributed by atoms with Gasteiger partial charge in [-0.1, -0.05) is 6.07 Å². The van der Waals surface area contributed by atoms with Gasteiger partial charge in [-0.25, -0.2) is 0 Å². The average Bonchev–Trinajstić information content (AvgIpc) is 2.38. The van der Waals surface area contributed by atoms with Crippen LogP contribution in [-0.2, 0) is 0 Å².